The molecule has 1 saturated carbocycles. The molecular weight excluding hydrogens is 258 g/mol. The Morgan fingerprint density at radius 3 is 1.90 bits per heavy atom. The van der Waals surface area contributed by atoms with Crippen molar-refractivity contribution in [1.29, 1.82) is 5.41 Å². The summed E-state index contributed by atoms with van der Waals surface area (Å²) < 4.78 is 0. The summed E-state index contributed by atoms with van der Waals surface area (Å²) in [5.41, 5.74) is 5.47. The zero-order valence-corrected chi connectivity index (χ0v) is 14.2. The number of unbranched alkanes of at least 4 members (excludes halogenated alkanes) is 9. The van der Waals surface area contributed by atoms with Gasteiger partial charge in [0.2, 0.25) is 0 Å². The Morgan fingerprint density at radius 1 is 0.905 bits per heavy atom. The highest BCUT2D eigenvalue weighted by Crippen LogP contribution is 2.27. The summed E-state index contributed by atoms with van der Waals surface area (Å²) in [5.74, 6) is 0.337. The Bertz CT molecular complexity index is 261. The van der Waals surface area contributed by atoms with Crippen molar-refractivity contribution in [3.05, 3.63) is 0 Å². The van der Waals surface area contributed by atoms with E-state index in [1.807, 2.05) is 0 Å². The van der Waals surface area contributed by atoms with E-state index in [1.54, 1.807) is 0 Å². The topological polar surface area (TPSA) is 53.1 Å². The van der Waals surface area contributed by atoms with Crippen LogP contribution in [0.4, 0.5) is 0 Å². The van der Waals surface area contributed by atoms with Crippen LogP contribution in [0, 0.1) is 5.41 Å². The van der Waals surface area contributed by atoms with Crippen LogP contribution in [0.25, 0.3) is 0 Å². The number of amidine groups is 1. The van der Waals surface area contributed by atoms with E-state index in [4.69, 9.17) is 11.1 Å². The van der Waals surface area contributed by atoms with Crippen LogP contribution in [-0.2, 0) is 0 Å². The first kappa shape index (κ1) is 18.5. The van der Waals surface area contributed by atoms with E-state index in [0.29, 0.717) is 5.84 Å². The lowest BCUT2D eigenvalue weighted by Gasteiger charge is -2.21. The van der Waals surface area contributed by atoms with E-state index in [9.17, 15) is 0 Å². The zero-order valence-electron chi connectivity index (χ0n) is 14.2. The minimum Gasteiger partial charge on any atom is -0.388 e. The average molecular weight is 296 g/mol. The summed E-state index contributed by atoms with van der Waals surface area (Å²) in [4.78, 5) is 2.56. The second kappa shape index (κ2) is 12.0. The van der Waals surface area contributed by atoms with Crippen LogP contribution in [0.15, 0.2) is 0 Å². The van der Waals surface area contributed by atoms with E-state index in [-0.39, 0.29) is 0 Å². The van der Waals surface area contributed by atoms with Gasteiger partial charge in [0.05, 0.1) is 5.84 Å². The number of nitrogens with two attached hydrogens (primary N) is 1. The molecule has 0 radical (unpaired) electrons. The molecular formula is C18H37N3. The maximum absolute atomic E-state index is 7.35. The van der Waals surface area contributed by atoms with Crippen LogP contribution in [0.2, 0.25) is 0 Å². The maximum Gasteiger partial charge on any atom is 0.0918 e. The third-order valence-electron chi connectivity index (χ3n) is 4.53. The van der Waals surface area contributed by atoms with Crippen molar-refractivity contribution >= 4 is 5.84 Å². The Kier molecular flexibility index (Phi) is 10.6. The number of rotatable bonds is 15. The van der Waals surface area contributed by atoms with Crippen molar-refractivity contribution in [3.8, 4) is 0 Å². The molecule has 0 aromatic rings. The Morgan fingerprint density at radius 2 is 1.43 bits per heavy atom. The van der Waals surface area contributed by atoms with Gasteiger partial charge >= 0.3 is 0 Å². The lowest BCUT2D eigenvalue weighted by molar-refractivity contribution is 0.263. The molecule has 3 heteroatoms. The van der Waals surface area contributed by atoms with Crippen molar-refractivity contribution in [2.45, 2.75) is 96.4 Å². The van der Waals surface area contributed by atoms with Gasteiger partial charge in [0, 0.05) is 19.0 Å². The smallest absolute Gasteiger partial charge is 0.0918 e. The molecule has 0 unspecified atom stereocenters. The maximum atomic E-state index is 7.35. The molecule has 0 aromatic heterocycles. The lowest BCUT2D eigenvalue weighted by atomic mass is 10.1. The minimum atomic E-state index is 0.337. The highest BCUT2D eigenvalue weighted by Gasteiger charge is 2.27. The fourth-order valence-corrected chi connectivity index (χ4v) is 2.98. The molecule has 124 valence electrons. The van der Waals surface area contributed by atoms with E-state index >= 15 is 0 Å². The molecule has 0 atom stereocenters. The van der Waals surface area contributed by atoms with Crippen molar-refractivity contribution in [1.82, 2.24) is 4.90 Å². The Labute approximate surface area is 132 Å². The SMILES string of the molecule is CCCCCCCCCCCCN(CCC(=N)N)C1CC1. The quantitative estimate of drug-likeness (QED) is 0.261. The van der Waals surface area contributed by atoms with Gasteiger partial charge in [-0.1, -0.05) is 64.7 Å². The van der Waals surface area contributed by atoms with Gasteiger partial charge in [0.25, 0.3) is 0 Å². The fraction of sp³-hybridized carbons (Fsp3) is 0.944. The van der Waals surface area contributed by atoms with E-state index in [0.717, 1.165) is 19.0 Å². The standard InChI is InChI=1S/C18H37N3/c1-2-3-4-5-6-7-8-9-10-11-15-21(17-12-13-17)16-14-18(19)20/h17H,2-16H2,1H3,(H3,19,20). The first-order valence-corrected chi connectivity index (χ1v) is 9.31. The summed E-state index contributed by atoms with van der Waals surface area (Å²) >= 11 is 0. The van der Waals surface area contributed by atoms with Gasteiger partial charge in [-0.05, 0) is 25.8 Å². The molecule has 0 aliphatic heterocycles. The summed E-state index contributed by atoms with van der Waals surface area (Å²) in [6.07, 6.45) is 17.5. The molecule has 0 aromatic carbocycles. The summed E-state index contributed by atoms with van der Waals surface area (Å²) in [5, 5.41) is 7.35. The first-order chi connectivity index (χ1) is 10.2. The molecule has 0 spiro atoms. The highest BCUT2D eigenvalue weighted by atomic mass is 15.2. The van der Waals surface area contributed by atoms with Gasteiger partial charge in [-0.15, -0.1) is 0 Å². The van der Waals surface area contributed by atoms with Crippen LogP contribution < -0.4 is 5.73 Å². The van der Waals surface area contributed by atoms with Gasteiger partial charge in [-0.25, -0.2) is 0 Å². The van der Waals surface area contributed by atoms with Crippen molar-refractivity contribution < 1.29 is 0 Å². The van der Waals surface area contributed by atoms with Crippen LogP contribution in [0.3, 0.4) is 0 Å². The summed E-state index contributed by atoms with van der Waals surface area (Å²) in [6, 6.07) is 0.808. The van der Waals surface area contributed by atoms with E-state index in [1.165, 1.54) is 83.6 Å². The molecule has 21 heavy (non-hydrogen) atoms. The third kappa shape index (κ3) is 10.8. The zero-order chi connectivity index (χ0) is 15.3. The lowest BCUT2D eigenvalue weighted by Crippen LogP contribution is -2.30. The van der Waals surface area contributed by atoms with Gasteiger partial charge in [-0.3, -0.25) is 10.3 Å². The Balaban J connectivity index is 1.88. The van der Waals surface area contributed by atoms with Crippen LogP contribution in [0.5, 0.6) is 0 Å². The first-order valence-electron chi connectivity index (χ1n) is 9.31. The Hall–Kier alpha value is -0.570. The molecule has 0 saturated heterocycles. The van der Waals surface area contributed by atoms with Gasteiger partial charge in [0.1, 0.15) is 0 Å². The van der Waals surface area contributed by atoms with Crippen molar-refractivity contribution in [3.63, 3.8) is 0 Å². The van der Waals surface area contributed by atoms with Gasteiger partial charge in [0.15, 0.2) is 0 Å². The van der Waals surface area contributed by atoms with E-state index in [2.05, 4.69) is 11.8 Å². The van der Waals surface area contributed by atoms with Gasteiger partial charge < -0.3 is 5.73 Å². The van der Waals surface area contributed by atoms with Crippen molar-refractivity contribution in [2.24, 2.45) is 5.73 Å². The van der Waals surface area contributed by atoms with Gasteiger partial charge in [-0.2, -0.15) is 0 Å². The number of hydrogen-bond acceptors (Lipinski definition) is 2. The van der Waals surface area contributed by atoms with Crippen molar-refractivity contribution in [2.75, 3.05) is 13.1 Å². The van der Waals surface area contributed by atoms with Crippen LogP contribution in [0.1, 0.15) is 90.4 Å². The fourth-order valence-electron chi connectivity index (χ4n) is 2.98. The second-order valence-corrected chi connectivity index (χ2v) is 6.72. The number of nitrogens with one attached hydrogen (secondary N) is 1. The summed E-state index contributed by atoms with van der Waals surface area (Å²) in [6.45, 7) is 4.49. The average Bonchev–Trinajstić information content (AvgIpc) is 3.28. The molecule has 3 nitrogen and oxygen atoms in total. The molecule has 1 aliphatic rings. The monoisotopic (exact) mass is 295 g/mol. The normalized spacial score (nSPS) is 14.8. The molecule has 1 aliphatic carbocycles. The molecule has 1 fully saturated rings. The minimum absolute atomic E-state index is 0.337. The number of nitrogens with zero attached hydrogens (tertiary/aromatic N) is 1. The highest BCUT2D eigenvalue weighted by molar-refractivity contribution is 5.76. The third-order valence-corrected chi connectivity index (χ3v) is 4.53. The molecule has 1 rings (SSSR count). The molecule has 0 bridgehead atoms. The molecule has 0 heterocycles. The van der Waals surface area contributed by atoms with Crippen LogP contribution in [-0.4, -0.2) is 29.9 Å². The molecule has 0 amide bonds. The van der Waals surface area contributed by atoms with Crippen LogP contribution >= 0.6 is 0 Å². The largest absolute Gasteiger partial charge is 0.388 e. The summed E-state index contributed by atoms with van der Waals surface area (Å²) in [7, 11) is 0. The second-order valence-electron chi connectivity index (χ2n) is 6.72. The predicted molar refractivity (Wildman–Crippen MR) is 93.0 cm³/mol. The molecule has 3 N–H and O–H groups in total. The predicted octanol–water partition coefficient (Wildman–Crippen LogP) is 4.70. The van der Waals surface area contributed by atoms with E-state index < -0.39 is 0 Å². The number of hydrogen-bond donors (Lipinski definition) is 2.